The van der Waals surface area contributed by atoms with Gasteiger partial charge in [-0.3, -0.25) is 0 Å². The molecular formula is C29H25NO. The molecule has 5 aromatic rings. The first-order valence-corrected chi connectivity index (χ1v) is 10.9. The van der Waals surface area contributed by atoms with Crippen LogP contribution >= 0.6 is 0 Å². The van der Waals surface area contributed by atoms with E-state index in [0.717, 1.165) is 27.6 Å². The monoisotopic (exact) mass is 403 g/mol. The minimum Gasteiger partial charge on any atom is -0.456 e. The fourth-order valence-corrected chi connectivity index (χ4v) is 5.14. The van der Waals surface area contributed by atoms with Crippen molar-refractivity contribution in [2.75, 3.05) is 5.32 Å². The predicted molar refractivity (Wildman–Crippen MR) is 130 cm³/mol. The molecule has 1 aliphatic carbocycles. The van der Waals surface area contributed by atoms with E-state index in [9.17, 15) is 0 Å². The summed E-state index contributed by atoms with van der Waals surface area (Å²) in [7, 11) is 0. The fourth-order valence-electron chi connectivity index (χ4n) is 5.14. The summed E-state index contributed by atoms with van der Waals surface area (Å²) >= 11 is 0. The molecule has 0 fully saturated rings. The molecule has 0 saturated carbocycles. The van der Waals surface area contributed by atoms with E-state index in [0.29, 0.717) is 0 Å². The number of hydrogen-bond acceptors (Lipinski definition) is 2. The first-order valence-electron chi connectivity index (χ1n) is 10.9. The molecular weight excluding hydrogens is 378 g/mol. The zero-order valence-corrected chi connectivity index (χ0v) is 18.1. The van der Waals surface area contributed by atoms with Crippen LogP contribution in [-0.2, 0) is 5.41 Å². The Morgan fingerprint density at radius 1 is 0.710 bits per heavy atom. The molecule has 0 amide bonds. The highest BCUT2D eigenvalue weighted by molar-refractivity contribution is 6.05. The molecule has 6 rings (SSSR count). The normalized spacial score (nSPS) is 15.1. The molecule has 1 atom stereocenters. The quantitative estimate of drug-likeness (QED) is 0.329. The molecule has 152 valence electrons. The predicted octanol–water partition coefficient (Wildman–Crippen LogP) is 8.07. The van der Waals surface area contributed by atoms with Gasteiger partial charge in [0.05, 0.1) is 0 Å². The molecule has 1 aliphatic rings. The highest BCUT2D eigenvalue weighted by atomic mass is 16.3. The van der Waals surface area contributed by atoms with Crippen LogP contribution in [0.4, 0.5) is 5.69 Å². The van der Waals surface area contributed by atoms with E-state index in [1.54, 1.807) is 0 Å². The lowest BCUT2D eigenvalue weighted by atomic mass is 9.81. The summed E-state index contributed by atoms with van der Waals surface area (Å²) in [5.74, 6) is 0. The van der Waals surface area contributed by atoms with Crippen molar-refractivity contribution in [1.29, 1.82) is 0 Å². The highest BCUT2D eigenvalue weighted by Crippen LogP contribution is 2.49. The summed E-state index contributed by atoms with van der Waals surface area (Å²) in [6.07, 6.45) is 0. The molecule has 0 spiro atoms. The van der Waals surface area contributed by atoms with Gasteiger partial charge in [0, 0.05) is 34.0 Å². The van der Waals surface area contributed by atoms with Crippen molar-refractivity contribution in [2.45, 2.75) is 32.2 Å². The van der Waals surface area contributed by atoms with Crippen LogP contribution in [0, 0.1) is 0 Å². The SMILES string of the molecule is C[C@@H](Nc1ccc2c(c1)oc1ccccc12)c1ccc2c(c1)C(C)(C)c1ccccc1-2. The molecule has 1 N–H and O–H groups in total. The number of nitrogens with one attached hydrogen (secondary N) is 1. The number of rotatable bonds is 3. The molecule has 0 radical (unpaired) electrons. The molecule has 1 aromatic heterocycles. The standard InChI is InChI=1S/C29H25NO/c1-18(30-20-13-15-24-23-9-5-7-11-27(23)31-28(24)17-20)19-12-14-22-21-8-4-6-10-25(21)29(2,3)26(22)16-19/h4-18,30H,1-3H3/t18-/m1/s1. The van der Waals surface area contributed by atoms with Gasteiger partial charge in [-0.15, -0.1) is 0 Å². The number of hydrogen-bond donors (Lipinski definition) is 1. The molecule has 2 nitrogen and oxygen atoms in total. The second kappa shape index (κ2) is 6.49. The van der Waals surface area contributed by atoms with Crippen molar-refractivity contribution in [1.82, 2.24) is 0 Å². The second-order valence-corrected chi connectivity index (χ2v) is 9.15. The van der Waals surface area contributed by atoms with Crippen molar-refractivity contribution in [3.63, 3.8) is 0 Å². The second-order valence-electron chi connectivity index (χ2n) is 9.15. The number of fused-ring (bicyclic) bond motifs is 6. The maximum atomic E-state index is 6.06. The molecule has 0 bridgehead atoms. The van der Waals surface area contributed by atoms with E-state index >= 15 is 0 Å². The minimum absolute atomic E-state index is 0.0227. The Bertz CT molecular complexity index is 1460. The lowest BCUT2D eigenvalue weighted by Gasteiger charge is -2.23. The summed E-state index contributed by atoms with van der Waals surface area (Å²) in [5, 5.41) is 6.00. The molecule has 0 aliphatic heterocycles. The highest BCUT2D eigenvalue weighted by Gasteiger charge is 2.35. The first kappa shape index (κ1) is 18.3. The van der Waals surface area contributed by atoms with Crippen molar-refractivity contribution in [2.24, 2.45) is 0 Å². The Kier molecular flexibility index (Phi) is 3.82. The largest absolute Gasteiger partial charge is 0.456 e. The van der Waals surface area contributed by atoms with E-state index in [2.05, 4.69) is 98.9 Å². The van der Waals surface area contributed by atoms with Crippen LogP contribution in [0.2, 0.25) is 0 Å². The average Bonchev–Trinajstić information content (AvgIpc) is 3.26. The van der Waals surface area contributed by atoms with Crippen LogP contribution in [-0.4, -0.2) is 0 Å². The summed E-state index contributed by atoms with van der Waals surface area (Å²) in [4.78, 5) is 0. The Labute approximate surface area is 182 Å². The Hall–Kier alpha value is -3.52. The van der Waals surface area contributed by atoms with E-state index < -0.39 is 0 Å². The van der Waals surface area contributed by atoms with Crippen LogP contribution in [0.15, 0.2) is 89.3 Å². The topological polar surface area (TPSA) is 25.2 Å². The first-order chi connectivity index (χ1) is 15.0. The van der Waals surface area contributed by atoms with Crippen molar-refractivity contribution >= 4 is 27.6 Å². The van der Waals surface area contributed by atoms with Crippen molar-refractivity contribution in [3.8, 4) is 11.1 Å². The van der Waals surface area contributed by atoms with E-state index in [4.69, 9.17) is 4.42 Å². The third kappa shape index (κ3) is 2.71. The van der Waals surface area contributed by atoms with Crippen LogP contribution in [0.3, 0.4) is 0 Å². The van der Waals surface area contributed by atoms with Gasteiger partial charge in [0.2, 0.25) is 0 Å². The lowest BCUT2D eigenvalue weighted by Crippen LogP contribution is -2.16. The maximum absolute atomic E-state index is 6.06. The summed E-state index contributed by atoms with van der Waals surface area (Å²) in [5.41, 5.74) is 9.80. The third-order valence-corrected chi connectivity index (χ3v) is 6.87. The van der Waals surface area contributed by atoms with Crippen LogP contribution < -0.4 is 5.32 Å². The zero-order chi connectivity index (χ0) is 21.2. The molecule has 4 aromatic carbocycles. The minimum atomic E-state index is 0.0227. The Morgan fingerprint density at radius 3 is 2.35 bits per heavy atom. The maximum Gasteiger partial charge on any atom is 0.137 e. The smallest absolute Gasteiger partial charge is 0.137 e. The molecule has 0 unspecified atom stereocenters. The number of benzene rings is 4. The van der Waals surface area contributed by atoms with Crippen LogP contribution in [0.25, 0.3) is 33.1 Å². The van der Waals surface area contributed by atoms with E-state index in [-0.39, 0.29) is 11.5 Å². The van der Waals surface area contributed by atoms with Gasteiger partial charge in [-0.2, -0.15) is 0 Å². The number of para-hydroxylation sites is 1. The summed E-state index contributed by atoms with van der Waals surface area (Å²) in [6, 6.07) is 30.5. The molecule has 2 heteroatoms. The van der Waals surface area contributed by atoms with Gasteiger partial charge in [0.15, 0.2) is 0 Å². The van der Waals surface area contributed by atoms with Crippen LogP contribution in [0.5, 0.6) is 0 Å². The third-order valence-electron chi connectivity index (χ3n) is 6.87. The van der Waals surface area contributed by atoms with Crippen molar-refractivity contribution in [3.05, 3.63) is 102 Å². The van der Waals surface area contributed by atoms with Gasteiger partial charge in [-0.25, -0.2) is 0 Å². The zero-order valence-electron chi connectivity index (χ0n) is 18.1. The van der Waals surface area contributed by atoms with E-state index in [1.807, 2.05) is 12.1 Å². The van der Waals surface area contributed by atoms with Gasteiger partial charge < -0.3 is 9.73 Å². The van der Waals surface area contributed by atoms with Gasteiger partial charge >= 0.3 is 0 Å². The van der Waals surface area contributed by atoms with Gasteiger partial charge in [-0.1, -0.05) is 74.5 Å². The number of anilines is 1. The summed E-state index contributed by atoms with van der Waals surface area (Å²) in [6.45, 7) is 6.88. The van der Waals surface area contributed by atoms with Crippen molar-refractivity contribution < 1.29 is 4.42 Å². The van der Waals surface area contributed by atoms with Gasteiger partial charge in [0.25, 0.3) is 0 Å². The van der Waals surface area contributed by atoms with E-state index in [1.165, 1.54) is 27.8 Å². The summed E-state index contributed by atoms with van der Waals surface area (Å²) < 4.78 is 6.06. The average molecular weight is 404 g/mol. The Morgan fingerprint density at radius 2 is 1.45 bits per heavy atom. The Balaban J connectivity index is 1.34. The lowest BCUT2D eigenvalue weighted by molar-refractivity contribution is 0.658. The van der Waals surface area contributed by atoms with Crippen LogP contribution in [0.1, 0.15) is 43.5 Å². The molecule has 1 heterocycles. The molecule has 31 heavy (non-hydrogen) atoms. The van der Waals surface area contributed by atoms with Gasteiger partial charge in [-0.05, 0) is 52.9 Å². The fraction of sp³-hybridized carbons (Fsp3) is 0.172. The molecule has 0 saturated heterocycles. The van der Waals surface area contributed by atoms with Gasteiger partial charge in [0.1, 0.15) is 11.2 Å². The number of furan rings is 1.